The summed E-state index contributed by atoms with van der Waals surface area (Å²) in [5, 5.41) is 6.40. The van der Waals surface area contributed by atoms with Crippen molar-refractivity contribution in [3.63, 3.8) is 0 Å². The molecule has 13 heteroatoms. The first kappa shape index (κ1) is 38.1. The largest absolute Gasteiger partial charge is 0.464 e. The van der Waals surface area contributed by atoms with Gasteiger partial charge in [0.15, 0.2) is 0 Å². The molecule has 1 saturated heterocycles. The molecule has 0 radical (unpaired) electrons. The first-order valence-corrected chi connectivity index (χ1v) is 18.3. The molecule has 0 aliphatic carbocycles. The van der Waals surface area contributed by atoms with Crippen molar-refractivity contribution in [2.75, 3.05) is 20.3 Å². The van der Waals surface area contributed by atoms with Crippen LogP contribution in [-0.2, 0) is 49.8 Å². The smallest absolute Gasteiger partial charge is 0.408 e. The van der Waals surface area contributed by atoms with E-state index in [2.05, 4.69) is 70.8 Å². The zero-order chi connectivity index (χ0) is 36.8. The maximum absolute atomic E-state index is 13.0. The minimum Gasteiger partial charge on any atom is -0.464 e. The first-order chi connectivity index (χ1) is 24.3. The number of pyridine rings is 1. The highest BCUT2D eigenvalue weighted by Gasteiger charge is 2.30. The first-order valence-electron chi connectivity index (χ1n) is 17.5. The van der Waals surface area contributed by atoms with Gasteiger partial charge in [0, 0.05) is 65.6 Å². The Bertz CT molecular complexity index is 1840. The molecule has 1 aromatic carbocycles. The summed E-state index contributed by atoms with van der Waals surface area (Å²) in [5.74, 6) is -0.249. The van der Waals surface area contributed by atoms with E-state index in [-0.39, 0.29) is 25.0 Å². The summed E-state index contributed by atoms with van der Waals surface area (Å²) in [6.45, 7) is 13.9. The molecule has 5 rings (SSSR count). The molecule has 3 aromatic heterocycles. The average Bonchev–Trinajstić information content (AvgIpc) is 3.68. The number of rotatable bonds is 14. The molecule has 274 valence electrons. The second-order valence-electron chi connectivity index (χ2n) is 14.7. The quantitative estimate of drug-likeness (QED) is 0.105. The Balaban J connectivity index is 1.50. The van der Waals surface area contributed by atoms with Crippen LogP contribution in [0.4, 0.5) is 4.79 Å². The number of methoxy groups -OCH3 is 1. The molecule has 1 amide bonds. The summed E-state index contributed by atoms with van der Waals surface area (Å²) in [7, 11) is 1.67. The minimum absolute atomic E-state index is 0.249. The van der Waals surface area contributed by atoms with E-state index in [1.165, 1.54) is 11.3 Å². The normalized spacial score (nSPS) is 15.8. The summed E-state index contributed by atoms with van der Waals surface area (Å²) in [6, 6.07) is 9.26. The predicted molar refractivity (Wildman–Crippen MR) is 198 cm³/mol. The maximum Gasteiger partial charge on any atom is 0.408 e. The third kappa shape index (κ3) is 9.59. The Labute approximate surface area is 303 Å². The number of aldehydes is 1. The highest BCUT2D eigenvalue weighted by atomic mass is 32.1. The molecule has 3 N–H and O–H groups in total. The molecule has 0 saturated carbocycles. The fourth-order valence-electron chi connectivity index (χ4n) is 6.36. The molecule has 1 aliphatic heterocycles. The molecular weight excluding hydrogens is 669 g/mol. The third-order valence-electron chi connectivity index (χ3n) is 8.64. The van der Waals surface area contributed by atoms with E-state index < -0.39 is 23.2 Å². The number of hydrazine groups is 1. The number of carbonyl (C=O) groups is 3. The number of nitrogens with one attached hydrogen (secondary N) is 3. The van der Waals surface area contributed by atoms with Crippen LogP contribution >= 0.6 is 11.3 Å². The van der Waals surface area contributed by atoms with Crippen molar-refractivity contribution in [2.45, 2.75) is 98.1 Å². The summed E-state index contributed by atoms with van der Waals surface area (Å²) >= 11 is 1.44. The standard InChI is InChI=1S/C38H50N6O6S/c1-8-44-32-14-13-24(31-22-51-33(42-31)18-25(20-45)41-36(47)50-37(2,3)4)17-27(32)28(34(44)26-11-9-15-39-30(26)21-48-7)19-38(5,6)23-49-35(46)29-12-10-16-40-43-29/h9,11,13-15,17,20,22,25,29,40,43H,8,10,12,16,18-19,21,23H2,1-7H3,(H,41,47)/t25-,29?/m0/s1. The number of aryl methyl sites for hydroxylation is 1. The number of benzene rings is 1. The van der Waals surface area contributed by atoms with Gasteiger partial charge in [0.2, 0.25) is 0 Å². The van der Waals surface area contributed by atoms with Gasteiger partial charge in [-0.2, -0.15) is 0 Å². The number of carbonyl (C=O) groups excluding carboxylic acids is 3. The molecule has 12 nitrogen and oxygen atoms in total. The molecule has 0 spiro atoms. The van der Waals surface area contributed by atoms with Gasteiger partial charge in [-0.05, 0) is 76.8 Å². The van der Waals surface area contributed by atoms with E-state index in [0.29, 0.717) is 19.3 Å². The summed E-state index contributed by atoms with van der Waals surface area (Å²) < 4.78 is 19.1. The van der Waals surface area contributed by atoms with Crippen LogP contribution in [0.1, 0.15) is 70.6 Å². The lowest BCUT2D eigenvalue weighted by atomic mass is 9.84. The Morgan fingerprint density at radius 1 is 1.20 bits per heavy atom. The van der Waals surface area contributed by atoms with E-state index in [4.69, 9.17) is 19.2 Å². The third-order valence-corrected chi connectivity index (χ3v) is 9.51. The molecule has 1 unspecified atom stereocenters. The van der Waals surface area contributed by atoms with Gasteiger partial charge in [-0.1, -0.05) is 19.9 Å². The number of esters is 1. The molecule has 51 heavy (non-hydrogen) atoms. The molecule has 1 fully saturated rings. The molecular formula is C38H50N6O6S. The lowest BCUT2D eigenvalue weighted by molar-refractivity contribution is -0.150. The fourth-order valence-corrected chi connectivity index (χ4v) is 7.22. The van der Waals surface area contributed by atoms with Crippen molar-refractivity contribution in [2.24, 2.45) is 5.41 Å². The van der Waals surface area contributed by atoms with Gasteiger partial charge in [0.05, 0.1) is 41.3 Å². The SMILES string of the molecule is CCn1c(-c2cccnc2COC)c(CC(C)(C)COC(=O)C2CCCNN2)c2cc(-c3csc(C[C@@H](C=O)NC(=O)OC(C)(C)C)n3)ccc21. The Hall–Kier alpha value is -4.17. The van der Waals surface area contributed by atoms with Gasteiger partial charge in [0.25, 0.3) is 0 Å². The van der Waals surface area contributed by atoms with Crippen LogP contribution < -0.4 is 16.2 Å². The van der Waals surface area contributed by atoms with Crippen LogP contribution in [0.3, 0.4) is 0 Å². The van der Waals surface area contributed by atoms with Crippen LogP contribution in [-0.4, -0.2) is 70.8 Å². The van der Waals surface area contributed by atoms with Gasteiger partial charge in [-0.25, -0.2) is 15.2 Å². The topological polar surface area (TPSA) is 146 Å². The molecule has 1 aliphatic rings. The molecule has 4 heterocycles. The lowest BCUT2D eigenvalue weighted by Gasteiger charge is -2.28. The van der Waals surface area contributed by atoms with Crippen molar-refractivity contribution < 1.29 is 28.6 Å². The highest BCUT2D eigenvalue weighted by Crippen LogP contribution is 2.41. The number of ether oxygens (including phenoxy) is 3. The summed E-state index contributed by atoms with van der Waals surface area (Å²) in [6.07, 6.45) is 4.36. The number of amides is 1. The van der Waals surface area contributed by atoms with E-state index >= 15 is 0 Å². The van der Waals surface area contributed by atoms with Gasteiger partial charge in [-0.3, -0.25) is 15.2 Å². The Morgan fingerprint density at radius 2 is 2.00 bits per heavy atom. The fraction of sp³-hybridized carbons (Fsp3) is 0.500. The van der Waals surface area contributed by atoms with Crippen LogP contribution in [0.2, 0.25) is 0 Å². The van der Waals surface area contributed by atoms with Crippen molar-refractivity contribution in [1.82, 2.24) is 30.7 Å². The van der Waals surface area contributed by atoms with Gasteiger partial charge in [-0.15, -0.1) is 11.3 Å². The second kappa shape index (κ2) is 16.4. The van der Waals surface area contributed by atoms with E-state index in [0.717, 1.165) is 75.6 Å². The monoisotopic (exact) mass is 718 g/mol. The number of hydrogen-bond donors (Lipinski definition) is 3. The van der Waals surface area contributed by atoms with E-state index in [1.54, 1.807) is 34.1 Å². The number of hydrogen-bond acceptors (Lipinski definition) is 11. The van der Waals surface area contributed by atoms with Crippen LogP contribution in [0.5, 0.6) is 0 Å². The van der Waals surface area contributed by atoms with Crippen LogP contribution in [0, 0.1) is 5.41 Å². The maximum atomic E-state index is 13.0. The van der Waals surface area contributed by atoms with Crippen molar-refractivity contribution in [3.8, 4) is 22.5 Å². The lowest BCUT2D eigenvalue weighted by Crippen LogP contribution is -2.50. The number of nitrogens with zero attached hydrogens (tertiary/aromatic N) is 3. The zero-order valence-corrected chi connectivity index (χ0v) is 31.4. The number of thiazole rings is 1. The number of aromatic nitrogens is 3. The zero-order valence-electron chi connectivity index (χ0n) is 30.6. The van der Waals surface area contributed by atoms with E-state index in [1.807, 2.05) is 11.4 Å². The Morgan fingerprint density at radius 3 is 2.69 bits per heavy atom. The Kier molecular flexibility index (Phi) is 12.3. The van der Waals surface area contributed by atoms with Crippen molar-refractivity contribution in [3.05, 3.63) is 58.2 Å². The number of alkyl carbamates (subject to hydrolysis) is 1. The molecule has 2 atom stereocenters. The van der Waals surface area contributed by atoms with Crippen molar-refractivity contribution in [1.29, 1.82) is 0 Å². The second-order valence-corrected chi connectivity index (χ2v) is 15.6. The molecule has 0 bridgehead atoms. The summed E-state index contributed by atoms with van der Waals surface area (Å²) in [5.41, 5.74) is 11.8. The predicted octanol–water partition coefficient (Wildman–Crippen LogP) is 6.00. The molecule has 4 aromatic rings. The van der Waals surface area contributed by atoms with Crippen LogP contribution in [0.25, 0.3) is 33.4 Å². The minimum atomic E-state index is -0.767. The van der Waals surface area contributed by atoms with Crippen molar-refractivity contribution >= 4 is 40.6 Å². The van der Waals surface area contributed by atoms with E-state index in [9.17, 15) is 14.4 Å². The van der Waals surface area contributed by atoms with Crippen LogP contribution in [0.15, 0.2) is 41.9 Å². The average molecular weight is 719 g/mol. The van der Waals surface area contributed by atoms with Gasteiger partial charge < -0.3 is 28.9 Å². The summed E-state index contributed by atoms with van der Waals surface area (Å²) in [4.78, 5) is 46.7. The highest BCUT2D eigenvalue weighted by molar-refractivity contribution is 7.10. The number of fused-ring (bicyclic) bond motifs is 1. The van der Waals surface area contributed by atoms with Gasteiger partial charge >= 0.3 is 12.1 Å². The van der Waals surface area contributed by atoms with Gasteiger partial charge in [0.1, 0.15) is 17.9 Å².